The SMILES string of the molecule is Nn1cc(-c2csc3ccccc23)[nH]c1=O. The van der Waals surface area contributed by atoms with Gasteiger partial charge in [0, 0.05) is 21.0 Å². The molecule has 2 aromatic heterocycles. The molecule has 3 N–H and O–H groups in total. The number of nitrogens with zero attached hydrogens (tertiary/aromatic N) is 1. The maximum atomic E-state index is 11.3. The standard InChI is InChI=1S/C11H9N3OS/c12-14-5-9(13-11(14)15)8-6-16-10-4-2-1-3-7(8)10/h1-6H,12H2,(H,13,15). The molecule has 4 nitrogen and oxygen atoms in total. The van der Waals surface area contributed by atoms with E-state index in [-0.39, 0.29) is 5.69 Å². The first-order chi connectivity index (χ1) is 7.75. The maximum absolute atomic E-state index is 11.3. The Morgan fingerprint density at radius 3 is 2.88 bits per heavy atom. The van der Waals surface area contributed by atoms with Gasteiger partial charge in [0.1, 0.15) is 0 Å². The molecule has 5 heteroatoms. The number of hydrogen-bond donors (Lipinski definition) is 2. The molecule has 1 aromatic carbocycles. The van der Waals surface area contributed by atoms with Crippen LogP contribution in [-0.2, 0) is 0 Å². The second kappa shape index (κ2) is 3.24. The number of thiophene rings is 1. The zero-order valence-electron chi connectivity index (χ0n) is 8.31. The van der Waals surface area contributed by atoms with Gasteiger partial charge in [-0.1, -0.05) is 18.2 Å². The number of rotatable bonds is 1. The van der Waals surface area contributed by atoms with E-state index in [0.717, 1.165) is 21.3 Å². The summed E-state index contributed by atoms with van der Waals surface area (Å²) in [4.78, 5) is 14.0. The molecule has 0 spiro atoms. The molecule has 0 aliphatic heterocycles. The van der Waals surface area contributed by atoms with Crippen LogP contribution in [0.3, 0.4) is 0 Å². The zero-order valence-corrected chi connectivity index (χ0v) is 9.12. The lowest BCUT2D eigenvalue weighted by Crippen LogP contribution is -2.22. The van der Waals surface area contributed by atoms with Crippen molar-refractivity contribution in [3.05, 3.63) is 46.3 Å². The average Bonchev–Trinajstić information content (AvgIpc) is 2.83. The summed E-state index contributed by atoms with van der Waals surface area (Å²) >= 11 is 1.65. The minimum atomic E-state index is -0.301. The molecular formula is C11H9N3OS. The Labute approximate surface area is 94.9 Å². The summed E-state index contributed by atoms with van der Waals surface area (Å²) in [7, 11) is 0. The molecule has 0 atom stereocenters. The number of aromatic nitrogens is 2. The van der Waals surface area contributed by atoms with Crippen molar-refractivity contribution in [2.45, 2.75) is 0 Å². The minimum Gasteiger partial charge on any atom is -0.335 e. The summed E-state index contributed by atoms with van der Waals surface area (Å²) in [5.74, 6) is 5.47. The molecule has 0 radical (unpaired) electrons. The van der Waals surface area contributed by atoms with Crippen molar-refractivity contribution in [1.29, 1.82) is 0 Å². The summed E-state index contributed by atoms with van der Waals surface area (Å²) < 4.78 is 2.25. The fraction of sp³-hybridized carbons (Fsp3) is 0. The number of hydrogen-bond acceptors (Lipinski definition) is 3. The van der Waals surface area contributed by atoms with Gasteiger partial charge in [-0.3, -0.25) is 0 Å². The van der Waals surface area contributed by atoms with E-state index in [0.29, 0.717) is 0 Å². The Morgan fingerprint density at radius 1 is 1.31 bits per heavy atom. The normalized spacial score (nSPS) is 11.0. The van der Waals surface area contributed by atoms with E-state index in [1.807, 2.05) is 23.6 Å². The van der Waals surface area contributed by atoms with Crippen LogP contribution >= 0.6 is 11.3 Å². The van der Waals surface area contributed by atoms with Crippen LogP contribution in [0.25, 0.3) is 21.3 Å². The lowest BCUT2D eigenvalue weighted by Gasteiger charge is -1.93. The highest BCUT2D eigenvalue weighted by Gasteiger charge is 2.08. The number of H-pyrrole nitrogens is 1. The molecule has 0 saturated heterocycles. The fourth-order valence-electron chi connectivity index (χ4n) is 1.73. The third-order valence-electron chi connectivity index (χ3n) is 2.52. The molecule has 16 heavy (non-hydrogen) atoms. The predicted molar refractivity (Wildman–Crippen MR) is 66.0 cm³/mol. The fourth-order valence-corrected chi connectivity index (χ4v) is 2.69. The Bertz CT molecular complexity index is 707. The van der Waals surface area contributed by atoms with Crippen molar-refractivity contribution in [2.75, 3.05) is 5.84 Å². The third kappa shape index (κ3) is 1.25. The van der Waals surface area contributed by atoms with E-state index < -0.39 is 0 Å². The van der Waals surface area contributed by atoms with Crippen LogP contribution in [-0.4, -0.2) is 9.66 Å². The Balaban J connectivity index is 2.30. The highest BCUT2D eigenvalue weighted by Crippen LogP contribution is 2.31. The quantitative estimate of drug-likeness (QED) is 0.627. The molecule has 3 rings (SSSR count). The molecule has 0 aliphatic carbocycles. The van der Waals surface area contributed by atoms with Gasteiger partial charge in [-0.25, -0.2) is 9.47 Å². The lowest BCUT2D eigenvalue weighted by atomic mass is 10.1. The van der Waals surface area contributed by atoms with Gasteiger partial charge < -0.3 is 10.8 Å². The maximum Gasteiger partial charge on any atom is 0.344 e. The van der Waals surface area contributed by atoms with Gasteiger partial charge >= 0.3 is 5.69 Å². The van der Waals surface area contributed by atoms with Crippen LogP contribution in [0.15, 0.2) is 40.6 Å². The van der Waals surface area contributed by atoms with E-state index in [9.17, 15) is 4.79 Å². The summed E-state index contributed by atoms with van der Waals surface area (Å²) in [6.07, 6.45) is 1.61. The highest BCUT2D eigenvalue weighted by molar-refractivity contribution is 7.17. The largest absolute Gasteiger partial charge is 0.344 e. The number of nitrogens with one attached hydrogen (secondary N) is 1. The number of fused-ring (bicyclic) bond motifs is 1. The topological polar surface area (TPSA) is 63.8 Å². The highest BCUT2D eigenvalue weighted by atomic mass is 32.1. The van der Waals surface area contributed by atoms with Crippen LogP contribution in [0.2, 0.25) is 0 Å². The Hall–Kier alpha value is -2.01. The molecule has 2 heterocycles. The summed E-state index contributed by atoms with van der Waals surface area (Å²) in [6, 6.07) is 8.07. The van der Waals surface area contributed by atoms with Crippen molar-refractivity contribution >= 4 is 21.4 Å². The van der Waals surface area contributed by atoms with Gasteiger partial charge in [-0.2, -0.15) is 0 Å². The van der Waals surface area contributed by atoms with Gasteiger partial charge in [0.15, 0.2) is 0 Å². The van der Waals surface area contributed by atoms with Gasteiger partial charge in [0.05, 0.1) is 11.9 Å². The first kappa shape index (κ1) is 9.23. The number of nitrogen functional groups attached to an aromatic ring is 1. The number of aromatic amines is 1. The van der Waals surface area contributed by atoms with Gasteiger partial charge in [0.25, 0.3) is 0 Å². The van der Waals surface area contributed by atoms with Crippen LogP contribution in [0.1, 0.15) is 0 Å². The summed E-state index contributed by atoms with van der Waals surface area (Å²) in [5.41, 5.74) is 1.47. The van der Waals surface area contributed by atoms with E-state index in [1.54, 1.807) is 17.5 Å². The monoisotopic (exact) mass is 231 g/mol. The third-order valence-corrected chi connectivity index (χ3v) is 3.48. The minimum absolute atomic E-state index is 0.301. The molecule has 80 valence electrons. The van der Waals surface area contributed by atoms with Crippen LogP contribution in [0, 0.1) is 0 Å². The zero-order chi connectivity index (χ0) is 11.1. The molecule has 0 fully saturated rings. The van der Waals surface area contributed by atoms with Crippen LogP contribution < -0.4 is 11.5 Å². The van der Waals surface area contributed by atoms with Crippen molar-refractivity contribution in [3.8, 4) is 11.3 Å². The molecule has 3 aromatic rings. The van der Waals surface area contributed by atoms with Crippen molar-refractivity contribution in [2.24, 2.45) is 0 Å². The number of imidazole rings is 1. The first-order valence-electron chi connectivity index (χ1n) is 4.79. The molecule has 0 amide bonds. The molecule has 0 saturated carbocycles. The second-order valence-electron chi connectivity index (χ2n) is 3.53. The Morgan fingerprint density at radius 2 is 2.12 bits per heavy atom. The predicted octanol–water partition coefficient (Wildman–Crippen LogP) is 1.77. The number of nitrogens with two attached hydrogens (primary N) is 1. The smallest absolute Gasteiger partial charge is 0.335 e. The second-order valence-corrected chi connectivity index (χ2v) is 4.44. The van der Waals surface area contributed by atoms with Crippen molar-refractivity contribution < 1.29 is 0 Å². The van der Waals surface area contributed by atoms with Crippen molar-refractivity contribution in [1.82, 2.24) is 9.66 Å². The van der Waals surface area contributed by atoms with E-state index in [4.69, 9.17) is 5.84 Å². The van der Waals surface area contributed by atoms with Crippen molar-refractivity contribution in [3.63, 3.8) is 0 Å². The average molecular weight is 231 g/mol. The molecule has 0 aliphatic rings. The Kier molecular flexibility index (Phi) is 1.87. The molecule has 0 unspecified atom stereocenters. The lowest BCUT2D eigenvalue weighted by molar-refractivity contribution is 0.937. The van der Waals surface area contributed by atoms with E-state index >= 15 is 0 Å². The first-order valence-corrected chi connectivity index (χ1v) is 5.67. The van der Waals surface area contributed by atoms with Gasteiger partial charge in [-0.05, 0) is 6.07 Å². The molecular weight excluding hydrogens is 222 g/mol. The van der Waals surface area contributed by atoms with Gasteiger partial charge in [0.2, 0.25) is 0 Å². The van der Waals surface area contributed by atoms with E-state index in [2.05, 4.69) is 11.1 Å². The van der Waals surface area contributed by atoms with E-state index in [1.165, 1.54) is 4.70 Å². The number of benzene rings is 1. The van der Waals surface area contributed by atoms with Crippen LogP contribution in [0.4, 0.5) is 0 Å². The molecule has 0 bridgehead atoms. The van der Waals surface area contributed by atoms with Crippen LogP contribution in [0.5, 0.6) is 0 Å². The summed E-state index contributed by atoms with van der Waals surface area (Å²) in [6.45, 7) is 0. The summed E-state index contributed by atoms with van der Waals surface area (Å²) in [5, 5.41) is 3.16. The van der Waals surface area contributed by atoms with Gasteiger partial charge in [-0.15, -0.1) is 11.3 Å².